The first-order valence-corrected chi connectivity index (χ1v) is 39.3. The van der Waals surface area contributed by atoms with E-state index in [9.17, 15) is 14.7 Å². The number of ketones is 2. The fourth-order valence-corrected chi connectivity index (χ4v) is 20.6. The predicted molar refractivity (Wildman–Crippen MR) is 391 cm³/mol. The van der Waals surface area contributed by atoms with E-state index < -0.39 is 19.5 Å². The van der Waals surface area contributed by atoms with E-state index >= 15 is 0 Å². The number of rotatable bonds is 30. The number of carbonyl (C=O) groups excluding carboxylic acids is 2. The van der Waals surface area contributed by atoms with Gasteiger partial charge in [0.2, 0.25) is 0 Å². The van der Waals surface area contributed by atoms with Gasteiger partial charge in [-0.05, 0) is 168 Å². The van der Waals surface area contributed by atoms with Gasteiger partial charge < -0.3 is 47.8 Å². The number of pyridine rings is 2. The van der Waals surface area contributed by atoms with Gasteiger partial charge in [-0.25, -0.2) is 19.9 Å². The second kappa shape index (κ2) is 33.9. The van der Waals surface area contributed by atoms with Crippen molar-refractivity contribution in [1.82, 2.24) is 29.9 Å². The molecular formula is C80H110N8O10Si. The van der Waals surface area contributed by atoms with Crippen molar-refractivity contribution >= 4 is 41.9 Å². The SMILES string of the molecule is CCC(CC)(COc1ccnc(-c2nc3c(c(N(C)CC(=O)C[C@@H]4CCC[C@@H]4O)n2)CCC3)c1)OC1CCCCO1.CCC(CC)(COc1ccnc(-c2nc3c(c(N(C)CC(=O)C[C@@H]4CCC[C@@H]4O[Si](c4ccccc4)(c4ccccc4)C(C)(C)C)n2)CCC3)c1)OC1CCCCO1. The average molecular weight is 1370 g/mol. The molecule has 534 valence electrons. The minimum atomic E-state index is -2.74. The number of aryl methyl sites for hydroxylation is 2. The van der Waals surface area contributed by atoms with Crippen LogP contribution in [0.25, 0.3) is 23.0 Å². The molecule has 6 heterocycles. The Morgan fingerprint density at radius 3 is 1.42 bits per heavy atom. The van der Waals surface area contributed by atoms with Crippen LogP contribution >= 0.6 is 0 Å². The van der Waals surface area contributed by atoms with Crippen LogP contribution in [0.1, 0.15) is 199 Å². The van der Waals surface area contributed by atoms with E-state index in [0.717, 1.165) is 189 Å². The van der Waals surface area contributed by atoms with Crippen molar-refractivity contribution in [3.63, 3.8) is 0 Å². The van der Waals surface area contributed by atoms with Gasteiger partial charge in [-0.3, -0.25) is 19.6 Å². The summed E-state index contributed by atoms with van der Waals surface area (Å²) in [4.78, 5) is 60.2. The van der Waals surface area contributed by atoms with E-state index in [-0.39, 0.29) is 66.3 Å². The topological polar surface area (TPSA) is 203 Å². The first kappa shape index (κ1) is 73.6. The summed E-state index contributed by atoms with van der Waals surface area (Å²) < 4.78 is 45.0. The fourth-order valence-electron chi connectivity index (χ4n) is 15.8. The van der Waals surface area contributed by atoms with E-state index in [0.29, 0.717) is 60.6 Å². The highest BCUT2D eigenvalue weighted by Crippen LogP contribution is 2.43. The number of likely N-dealkylation sites (N-methyl/N-ethyl adjacent to an activating group) is 2. The summed E-state index contributed by atoms with van der Waals surface area (Å²) in [5, 5.41) is 12.6. The lowest BCUT2D eigenvalue weighted by Crippen LogP contribution is -2.68. The lowest BCUT2D eigenvalue weighted by Gasteiger charge is -2.45. The van der Waals surface area contributed by atoms with Crippen LogP contribution in [0.3, 0.4) is 0 Å². The maximum Gasteiger partial charge on any atom is 0.261 e. The lowest BCUT2D eigenvalue weighted by atomic mass is 9.98. The van der Waals surface area contributed by atoms with Gasteiger partial charge in [-0.1, -0.05) is 122 Å². The Kier molecular flexibility index (Phi) is 25.2. The second-order valence-corrected chi connectivity index (χ2v) is 34.0. The van der Waals surface area contributed by atoms with Gasteiger partial charge in [0.05, 0.1) is 19.2 Å². The molecule has 2 saturated carbocycles. The van der Waals surface area contributed by atoms with Crippen LogP contribution in [0.15, 0.2) is 97.3 Å². The molecule has 0 spiro atoms. The number of benzene rings is 2. The molecule has 12 rings (SSSR count). The number of aliphatic hydroxyl groups excluding tert-OH is 1. The molecule has 19 heteroatoms. The minimum Gasteiger partial charge on any atom is -0.490 e. The largest absolute Gasteiger partial charge is 0.490 e. The molecule has 4 aliphatic carbocycles. The molecule has 6 aromatic rings. The summed E-state index contributed by atoms with van der Waals surface area (Å²) in [7, 11) is 1.17. The molecular weight excluding hydrogens is 1260 g/mol. The molecule has 2 saturated heterocycles. The van der Waals surface area contributed by atoms with Crippen LogP contribution in [0.2, 0.25) is 5.04 Å². The third-order valence-electron chi connectivity index (χ3n) is 21.8. The molecule has 6 atom stereocenters. The van der Waals surface area contributed by atoms with Gasteiger partial charge >= 0.3 is 0 Å². The first-order chi connectivity index (χ1) is 47.9. The van der Waals surface area contributed by atoms with Crippen molar-refractivity contribution in [3.8, 4) is 34.5 Å². The summed E-state index contributed by atoms with van der Waals surface area (Å²) in [6.45, 7) is 18.4. The third kappa shape index (κ3) is 18.0. The fraction of sp³-hybridized carbons (Fsp3) is 0.600. The molecule has 18 nitrogen and oxygen atoms in total. The minimum absolute atomic E-state index is 0.0167. The maximum absolute atomic E-state index is 14.1. The van der Waals surface area contributed by atoms with Crippen molar-refractivity contribution in [2.45, 2.75) is 244 Å². The first-order valence-electron chi connectivity index (χ1n) is 37.4. The zero-order chi connectivity index (χ0) is 69.6. The Balaban J connectivity index is 0.000000212. The summed E-state index contributed by atoms with van der Waals surface area (Å²) in [6.07, 6.45) is 24.6. The molecule has 0 radical (unpaired) electrons. The van der Waals surface area contributed by atoms with E-state index in [2.05, 4.69) is 119 Å². The van der Waals surface area contributed by atoms with Crippen molar-refractivity contribution < 1.29 is 47.5 Å². The third-order valence-corrected chi connectivity index (χ3v) is 26.9. The van der Waals surface area contributed by atoms with Gasteiger partial charge in [0, 0.05) is 93.3 Å². The van der Waals surface area contributed by atoms with Gasteiger partial charge in [0.15, 0.2) is 35.8 Å². The van der Waals surface area contributed by atoms with Crippen LogP contribution in [0, 0.1) is 11.8 Å². The number of anilines is 2. The van der Waals surface area contributed by atoms with Gasteiger partial charge in [0.1, 0.15) is 58.9 Å². The number of hydrogen-bond acceptors (Lipinski definition) is 18. The molecule has 4 fully saturated rings. The van der Waals surface area contributed by atoms with Crippen LogP contribution in [-0.2, 0) is 58.6 Å². The summed E-state index contributed by atoms with van der Waals surface area (Å²) in [6, 6.07) is 29.2. The number of Topliss-reactive ketones (excluding diaryl/α,β-unsaturated/α-hetero) is 2. The van der Waals surface area contributed by atoms with Crippen LogP contribution < -0.4 is 29.6 Å². The zero-order valence-electron chi connectivity index (χ0n) is 60.6. The van der Waals surface area contributed by atoms with E-state index in [1.807, 2.05) is 48.2 Å². The van der Waals surface area contributed by atoms with E-state index in [4.69, 9.17) is 52.8 Å². The van der Waals surface area contributed by atoms with Gasteiger partial charge in [-0.2, -0.15) is 0 Å². The molecule has 2 unspecified atom stereocenters. The quantitative estimate of drug-likeness (QED) is 0.0417. The molecule has 1 N–H and O–H groups in total. The number of ether oxygens (including phenoxy) is 6. The van der Waals surface area contributed by atoms with Gasteiger partial charge in [0.25, 0.3) is 8.32 Å². The van der Waals surface area contributed by atoms with Crippen molar-refractivity contribution in [2.75, 3.05) is 63.4 Å². The van der Waals surface area contributed by atoms with Crippen LogP contribution in [0.4, 0.5) is 11.6 Å². The number of aliphatic hydroxyl groups is 1. The highest BCUT2D eigenvalue weighted by atomic mass is 28.4. The Hall–Kier alpha value is -6.58. The van der Waals surface area contributed by atoms with E-state index in [1.165, 1.54) is 10.4 Å². The highest BCUT2D eigenvalue weighted by molar-refractivity contribution is 6.99. The highest BCUT2D eigenvalue weighted by Gasteiger charge is 2.53. The molecule has 2 aromatic carbocycles. The molecule has 0 bridgehead atoms. The zero-order valence-corrected chi connectivity index (χ0v) is 61.6. The maximum atomic E-state index is 14.1. The molecule has 2 aliphatic heterocycles. The number of hydrogen-bond donors (Lipinski definition) is 1. The Morgan fingerprint density at radius 1 is 0.545 bits per heavy atom. The molecule has 0 amide bonds. The van der Waals surface area contributed by atoms with Crippen molar-refractivity contribution in [3.05, 3.63) is 120 Å². The van der Waals surface area contributed by atoms with Gasteiger partial charge in [-0.15, -0.1) is 0 Å². The summed E-state index contributed by atoms with van der Waals surface area (Å²) in [5.41, 5.74) is 4.75. The number of fused-ring (bicyclic) bond motifs is 2. The standard InChI is InChI=1S/C48H64N4O5Si.C32H46N4O5/c1-7-48(8-2,56-44-27-15-16-30-54-44)34-55-37-28-29-49-42(32-37)45-50-41-25-18-24-40(41)46(51-45)52(6)33-36(53)31-35-19-17-26-43(35)57-58(47(3,4)5,38-20-11-9-12-21-38)39-22-13-10-14-23-39;1-4-32(5-2,41-29-14-6-7-17-39-29)21-40-24-15-16-33-27(19-24)30-34-26-12-9-11-25(26)31(35-30)36(3)20-23(37)18-22-10-8-13-28(22)38/h9-14,20-23,28-29,32,35,43-44H,7-8,15-19,24-27,30-31,33-34H2,1-6H3;15-16,19,22,28-29,38H,4-14,17-18,20-21H2,1-3H3/t35-,43-,44?;22-,28-,29?/m00/s1. The average Bonchev–Trinajstić information content (AvgIpc) is 1.45. The Morgan fingerprint density at radius 2 is 1.00 bits per heavy atom. The predicted octanol–water partition coefficient (Wildman–Crippen LogP) is 13.7. The monoisotopic (exact) mass is 1370 g/mol. The Labute approximate surface area is 589 Å². The number of carbonyl (C=O) groups is 2. The number of aromatic nitrogens is 6. The second-order valence-electron chi connectivity index (χ2n) is 29.7. The summed E-state index contributed by atoms with van der Waals surface area (Å²) >= 11 is 0. The molecule has 4 aromatic heterocycles. The van der Waals surface area contributed by atoms with Crippen LogP contribution in [-0.4, -0.2) is 144 Å². The van der Waals surface area contributed by atoms with Crippen molar-refractivity contribution in [1.29, 1.82) is 0 Å². The summed E-state index contributed by atoms with van der Waals surface area (Å²) in [5.74, 6) is 4.70. The van der Waals surface area contributed by atoms with Crippen molar-refractivity contribution in [2.24, 2.45) is 11.8 Å². The van der Waals surface area contributed by atoms with E-state index in [1.54, 1.807) is 12.4 Å². The lowest BCUT2D eigenvalue weighted by molar-refractivity contribution is -0.234. The molecule has 99 heavy (non-hydrogen) atoms. The number of nitrogens with zero attached hydrogens (tertiary/aromatic N) is 8. The normalized spacial score (nSPS) is 20.9. The smallest absolute Gasteiger partial charge is 0.261 e. The molecule has 6 aliphatic rings. The van der Waals surface area contributed by atoms with Crippen LogP contribution in [0.5, 0.6) is 11.5 Å². The Bertz CT molecular complexity index is 3560.